The van der Waals surface area contributed by atoms with Crippen molar-refractivity contribution in [2.45, 2.75) is 64.8 Å². The standard InChI is InChI=1S/C31H41N5O2Si2/c1-39(2,3)19-17-37-22-35-28-10-8-7-9-27(28)33-31(35)30-26-12-11-25(24-13-15-32-16-14-24)21-29(26)36(34-30)23-38-18-20-40(4,5)6/h7-16,21H,17-20,22-23H2,1-6H3. The quantitative estimate of drug-likeness (QED) is 0.113. The van der Waals surface area contributed by atoms with Gasteiger partial charge in [0.05, 0.1) is 16.6 Å². The highest BCUT2D eigenvalue weighted by atomic mass is 28.3. The van der Waals surface area contributed by atoms with Crippen molar-refractivity contribution in [2.24, 2.45) is 0 Å². The molecule has 3 heterocycles. The van der Waals surface area contributed by atoms with Crippen molar-refractivity contribution in [3.05, 3.63) is 67.0 Å². The first kappa shape index (κ1) is 28.4. The molecule has 210 valence electrons. The molecule has 0 radical (unpaired) electrons. The number of ether oxygens (including phenoxy) is 2. The Morgan fingerprint density at radius 1 is 0.725 bits per heavy atom. The zero-order chi connectivity index (χ0) is 28.3. The summed E-state index contributed by atoms with van der Waals surface area (Å²) in [6, 6.07) is 21.0. The fourth-order valence-corrected chi connectivity index (χ4v) is 6.13. The largest absolute Gasteiger partial charge is 0.361 e. The summed E-state index contributed by atoms with van der Waals surface area (Å²) in [4.78, 5) is 9.24. The molecule has 0 N–H and O–H groups in total. The molecule has 0 atom stereocenters. The molecule has 7 nitrogen and oxygen atoms in total. The molecule has 0 spiro atoms. The van der Waals surface area contributed by atoms with Crippen LogP contribution < -0.4 is 0 Å². The predicted octanol–water partition coefficient (Wildman–Crippen LogP) is 7.74. The smallest absolute Gasteiger partial charge is 0.164 e. The van der Waals surface area contributed by atoms with Crippen LogP contribution in [0.4, 0.5) is 0 Å². The molecule has 9 heteroatoms. The number of pyridine rings is 1. The summed E-state index contributed by atoms with van der Waals surface area (Å²) >= 11 is 0. The summed E-state index contributed by atoms with van der Waals surface area (Å²) < 4.78 is 16.5. The van der Waals surface area contributed by atoms with E-state index in [2.05, 4.69) is 85.2 Å². The average molecular weight is 572 g/mol. The maximum Gasteiger partial charge on any atom is 0.164 e. The average Bonchev–Trinajstić information content (AvgIpc) is 3.46. The minimum absolute atomic E-state index is 0.397. The predicted molar refractivity (Wildman–Crippen MR) is 170 cm³/mol. The van der Waals surface area contributed by atoms with Crippen LogP contribution in [-0.4, -0.2) is 53.7 Å². The molecule has 5 aromatic rings. The van der Waals surface area contributed by atoms with Gasteiger partial charge in [-0.15, -0.1) is 0 Å². The molecule has 40 heavy (non-hydrogen) atoms. The Morgan fingerprint density at radius 3 is 2.10 bits per heavy atom. The number of nitrogens with zero attached hydrogens (tertiary/aromatic N) is 5. The number of fused-ring (bicyclic) bond motifs is 2. The van der Waals surface area contributed by atoms with Crippen molar-refractivity contribution in [2.75, 3.05) is 13.2 Å². The monoisotopic (exact) mass is 571 g/mol. The third kappa shape index (κ3) is 6.78. The van der Waals surface area contributed by atoms with Crippen molar-refractivity contribution in [1.82, 2.24) is 24.3 Å². The highest BCUT2D eigenvalue weighted by Crippen LogP contribution is 2.33. The van der Waals surface area contributed by atoms with Gasteiger partial charge in [0.15, 0.2) is 5.82 Å². The Morgan fingerprint density at radius 2 is 1.40 bits per heavy atom. The van der Waals surface area contributed by atoms with Gasteiger partial charge in [-0.1, -0.05) is 57.5 Å². The lowest BCUT2D eigenvalue weighted by Gasteiger charge is -2.16. The van der Waals surface area contributed by atoms with E-state index in [0.717, 1.165) is 69.9 Å². The Hall–Kier alpha value is -3.12. The molecule has 0 aliphatic carbocycles. The molecular weight excluding hydrogens is 531 g/mol. The van der Waals surface area contributed by atoms with Crippen molar-refractivity contribution < 1.29 is 9.47 Å². The third-order valence-corrected chi connectivity index (χ3v) is 10.5. The van der Waals surface area contributed by atoms with Crippen LogP contribution >= 0.6 is 0 Å². The maximum absolute atomic E-state index is 6.23. The maximum atomic E-state index is 6.23. The van der Waals surface area contributed by atoms with Crippen LogP contribution in [0.3, 0.4) is 0 Å². The number of imidazole rings is 1. The molecule has 0 bridgehead atoms. The summed E-state index contributed by atoms with van der Waals surface area (Å²) in [5.74, 6) is 0.816. The molecule has 0 unspecified atom stereocenters. The third-order valence-electron chi connectivity index (χ3n) is 7.06. The van der Waals surface area contributed by atoms with Crippen LogP contribution in [0.2, 0.25) is 51.4 Å². The van der Waals surface area contributed by atoms with Crippen LogP contribution in [0, 0.1) is 0 Å². The van der Waals surface area contributed by atoms with Gasteiger partial charge in [-0.2, -0.15) is 5.10 Å². The zero-order valence-corrected chi connectivity index (χ0v) is 26.6. The van der Waals surface area contributed by atoms with Gasteiger partial charge >= 0.3 is 0 Å². The molecule has 0 aliphatic heterocycles. The van der Waals surface area contributed by atoms with Gasteiger partial charge in [-0.25, -0.2) is 9.67 Å². The highest BCUT2D eigenvalue weighted by molar-refractivity contribution is 6.76. The van der Waals surface area contributed by atoms with Crippen LogP contribution in [0.15, 0.2) is 67.0 Å². The fourth-order valence-electron chi connectivity index (χ4n) is 4.61. The van der Waals surface area contributed by atoms with E-state index < -0.39 is 16.1 Å². The lowest BCUT2D eigenvalue weighted by atomic mass is 10.0. The summed E-state index contributed by atoms with van der Waals surface area (Å²) in [6.07, 6.45) is 3.65. The van der Waals surface area contributed by atoms with Gasteiger partial charge in [0.1, 0.15) is 19.2 Å². The molecule has 3 aromatic heterocycles. The number of aromatic nitrogens is 5. The van der Waals surface area contributed by atoms with Gasteiger partial charge in [-0.05, 0) is 59.6 Å². The molecule has 0 saturated carbocycles. The van der Waals surface area contributed by atoms with Crippen LogP contribution in [-0.2, 0) is 22.9 Å². The second-order valence-corrected chi connectivity index (χ2v) is 24.1. The van der Waals surface area contributed by atoms with E-state index in [1.807, 2.05) is 35.3 Å². The Bertz CT molecular complexity index is 1580. The topological polar surface area (TPSA) is 67.0 Å². The molecule has 0 aliphatic rings. The summed E-state index contributed by atoms with van der Waals surface area (Å²) in [7, 11) is -2.38. The number of benzene rings is 2. The number of hydrogen-bond donors (Lipinski definition) is 0. The molecule has 0 fully saturated rings. The first-order chi connectivity index (χ1) is 19.1. The molecule has 0 saturated heterocycles. The normalized spacial score (nSPS) is 12.6. The van der Waals surface area contributed by atoms with Gasteiger partial charge in [-0.3, -0.25) is 9.55 Å². The molecule has 5 rings (SSSR count). The Kier molecular flexibility index (Phi) is 8.37. The van der Waals surface area contributed by atoms with Gasteiger partial charge in [0.25, 0.3) is 0 Å². The summed E-state index contributed by atoms with van der Waals surface area (Å²) in [6.45, 7) is 16.6. The summed E-state index contributed by atoms with van der Waals surface area (Å²) in [5.41, 5.74) is 6.09. The first-order valence-corrected chi connectivity index (χ1v) is 21.5. The van der Waals surface area contributed by atoms with E-state index in [4.69, 9.17) is 19.6 Å². The van der Waals surface area contributed by atoms with Gasteiger partial charge < -0.3 is 9.47 Å². The molecule has 2 aromatic carbocycles. The lowest BCUT2D eigenvalue weighted by molar-refractivity contribution is 0.0817. The van der Waals surface area contributed by atoms with Gasteiger partial charge in [0, 0.05) is 47.1 Å². The minimum atomic E-state index is -1.19. The van der Waals surface area contributed by atoms with E-state index in [-0.39, 0.29) is 0 Å². The van der Waals surface area contributed by atoms with E-state index in [1.54, 1.807) is 0 Å². The van der Waals surface area contributed by atoms with Crippen LogP contribution in [0.5, 0.6) is 0 Å². The first-order valence-electron chi connectivity index (χ1n) is 14.1. The number of hydrogen-bond acceptors (Lipinski definition) is 5. The lowest BCUT2D eigenvalue weighted by Crippen LogP contribution is -2.22. The van der Waals surface area contributed by atoms with Crippen molar-refractivity contribution in [3.63, 3.8) is 0 Å². The Balaban J connectivity index is 1.55. The molecular formula is C31H41N5O2Si2. The fraction of sp³-hybridized carbons (Fsp3) is 0.387. The highest BCUT2D eigenvalue weighted by Gasteiger charge is 2.21. The van der Waals surface area contributed by atoms with Crippen molar-refractivity contribution in [3.8, 4) is 22.6 Å². The molecule has 0 amide bonds. The van der Waals surface area contributed by atoms with Crippen molar-refractivity contribution in [1.29, 1.82) is 0 Å². The Labute approximate surface area is 239 Å². The SMILES string of the molecule is C[Si](C)(C)CCOCn1nc(-c2nc3ccccc3n2COCC[Si](C)(C)C)c2ccc(-c3ccncc3)cc21. The summed E-state index contributed by atoms with van der Waals surface area (Å²) in [5, 5.41) is 6.16. The van der Waals surface area contributed by atoms with Crippen LogP contribution in [0.1, 0.15) is 0 Å². The van der Waals surface area contributed by atoms with E-state index >= 15 is 0 Å². The second kappa shape index (κ2) is 11.8. The van der Waals surface area contributed by atoms with Crippen molar-refractivity contribution >= 4 is 38.1 Å². The zero-order valence-electron chi connectivity index (χ0n) is 24.6. The number of para-hydroxylation sites is 2. The van der Waals surface area contributed by atoms with Gasteiger partial charge in [0.2, 0.25) is 0 Å². The van der Waals surface area contributed by atoms with Crippen LogP contribution in [0.25, 0.3) is 44.6 Å². The second-order valence-electron chi connectivity index (χ2n) is 12.9. The van der Waals surface area contributed by atoms with E-state index in [9.17, 15) is 0 Å². The minimum Gasteiger partial charge on any atom is -0.361 e. The van der Waals surface area contributed by atoms with E-state index in [0.29, 0.717) is 13.5 Å². The van der Waals surface area contributed by atoms with E-state index in [1.165, 1.54) is 0 Å². The number of rotatable bonds is 12.